The summed E-state index contributed by atoms with van der Waals surface area (Å²) in [5.74, 6) is 3.48. The molecule has 0 aromatic carbocycles. The lowest BCUT2D eigenvalue weighted by Crippen LogP contribution is -2.61. The van der Waals surface area contributed by atoms with Gasteiger partial charge in [-0.05, 0) is 33.3 Å². The van der Waals surface area contributed by atoms with Crippen LogP contribution in [0.1, 0.15) is 34.1 Å². The first-order valence-corrected chi connectivity index (χ1v) is 10.2. The van der Waals surface area contributed by atoms with Crippen LogP contribution < -0.4 is 15.2 Å². The molecule has 10 heteroatoms. The molecular formula is C20H24N10. The van der Waals surface area contributed by atoms with Crippen molar-refractivity contribution in [2.24, 2.45) is 5.10 Å². The monoisotopic (exact) mass is 404 g/mol. The fourth-order valence-electron chi connectivity index (χ4n) is 4.29. The number of rotatable bonds is 4. The topological polar surface area (TPSA) is 100 Å². The summed E-state index contributed by atoms with van der Waals surface area (Å²) in [7, 11) is 0. The summed E-state index contributed by atoms with van der Waals surface area (Å²) >= 11 is 0. The zero-order valence-corrected chi connectivity index (χ0v) is 17.4. The van der Waals surface area contributed by atoms with Gasteiger partial charge in [-0.1, -0.05) is 6.92 Å². The maximum absolute atomic E-state index is 5.00. The third-order valence-electron chi connectivity index (χ3n) is 5.55. The summed E-state index contributed by atoms with van der Waals surface area (Å²) < 4.78 is 1.82. The zero-order valence-electron chi connectivity index (χ0n) is 17.4. The largest absolute Gasteiger partial charge is 0.345 e. The summed E-state index contributed by atoms with van der Waals surface area (Å²) in [6, 6.07) is 2.27. The van der Waals surface area contributed by atoms with Gasteiger partial charge in [-0.3, -0.25) is 14.9 Å². The number of nitrogens with one attached hydrogen (secondary N) is 1. The van der Waals surface area contributed by atoms with Gasteiger partial charge in [0.2, 0.25) is 5.95 Å². The Balaban J connectivity index is 1.66. The Hall–Kier alpha value is -3.56. The van der Waals surface area contributed by atoms with Crippen molar-refractivity contribution in [3.63, 3.8) is 0 Å². The molecule has 0 saturated carbocycles. The highest BCUT2D eigenvalue weighted by Gasteiger charge is 2.44. The lowest BCUT2D eigenvalue weighted by atomic mass is 10.0. The van der Waals surface area contributed by atoms with Crippen molar-refractivity contribution >= 4 is 17.3 Å². The Kier molecular flexibility index (Phi) is 4.34. The number of amidine groups is 1. The Labute approximate surface area is 174 Å². The molecule has 5 heterocycles. The molecule has 0 spiro atoms. The Bertz CT molecular complexity index is 1090. The summed E-state index contributed by atoms with van der Waals surface area (Å²) in [6.45, 7) is 8.57. The van der Waals surface area contributed by atoms with Gasteiger partial charge in [0.25, 0.3) is 0 Å². The van der Waals surface area contributed by atoms with E-state index in [0.717, 1.165) is 23.8 Å². The lowest BCUT2D eigenvalue weighted by Gasteiger charge is -2.47. The number of anilines is 2. The molecular weight excluding hydrogens is 380 g/mol. The van der Waals surface area contributed by atoms with Crippen LogP contribution in [0, 0.1) is 0 Å². The quantitative estimate of drug-likeness (QED) is 0.706. The Morgan fingerprint density at radius 1 is 1.10 bits per heavy atom. The van der Waals surface area contributed by atoms with Gasteiger partial charge in [-0.15, -0.1) is 0 Å². The second-order valence-corrected chi connectivity index (χ2v) is 7.65. The van der Waals surface area contributed by atoms with Crippen LogP contribution in [-0.4, -0.2) is 53.6 Å². The van der Waals surface area contributed by atoms with Gasteiger partial charge in [0, 0.05) is 30.8 Å². The molecule has 3 aromatic rings. The average molecular weight is 404 g/mol. The Morgan fingerprint density at radius 2 is 1.90 bits per heavy atom. The smallest absolute Gasteiger partial charge is 0.237 e. The van der Waals surface area contributed by atoms with Gasteiger partial charge in [-0.2, -0.15) is 10.1 Å². The molecule has 3 aromatic heterocycles. The number of nitrogens with zero attached hydrogens (tertiary/aromatic N) is 9. The highest BCUT2D eigenvalue weighted by Crippen LogP contribution is 2.40. The molecule has 10 nitrogen and oxygen atoms in total. The minimum Gasteiger partial charge on any atom is -0.345 e. The highest BCUT2D eigenvalue weighted by atomic mass is 15.6. The SMILES string of the molecule is CC[C@@H]1C2NN=C(C)N2c2cnc(-n3ccnc3-c3ncccn3)nc2N1C(C)C. The maximum Gasteiger partial charge on any atom is 0.237 e. The number of imidazole rings is 1. The minimum atomic E-state index is 0.0703. The van der Waals surface area contributed by atoms with Crippen LogP contribution in [-0.2, 0) is 0 Å². The number of hydrogen-bond donors (Lipinski definition) is 1. The van der Waals surface area contributed by atoms with E-state index >= 15 is 0 Å². The van der Waals surface area contributed by atoms with Crippen LogP contribution in [0.25, 0.3) is 17.6 Å². The third kappa shape index (κ3) is 2.71. The van der Waals surface area contributed by atoms with E-state index in [9.17, 15) is 0 Å². The van der Waals surface area contributed by atoms with Crippen molar-refractivity contribution in [2.45, 2.75) is 52.4 Å². The molecule has 0 amide bonds. The van der Waals surface area contributed by atoms with Gasteiger partial charge >= 0.3 is 0 Å². The number of hydrazone groups is 1. The van der Waals surface area contributed by atoms with E-state index in [1.165, 1.54) is 0 Å². The number of aromatic nitrogens is 6. The van der Waals surface area contributed by atoms with E-state index in [1.807, 2.05) is 23.9 Å². The van der Waals surface area contributed by atoms with Crippen molar-refractivity contribution in [3.8, 4) is 17.6 Å². The summed E-state index contributed by atoms with van der Waals surface area (Å²) in [5, 5.41) is 4.48. The molecule has 30 heavy (non-hydrogen) atoms. The standard InChI is InChI=1S/C20H24N10/c1-5-14-18-27-26-13(4)30(18)15-11-24-20(25-17(15)29(14)12(2)3)28-10-9-23-19(28)16-21-7-6-8-22-16/h6-12,14,18,27H,5H2,1-4H3/t14-,18?/m1/s1. The van der Waals surface area contributed by atoms with E-state index in [2.05, 4.69) is 61.0 Å². The molecule has 2 aliphatic heterocycles. The van der Waals surface area contributed by atoms with Crippen LogP contribution in [0.15, 0.2) is 42.2 Å². The average Bonchev–Trinajstić information content (AvgIpc) is 3.40. The van der Waals surface area contributed by atoms with Gasteiger partial charge in [0.15, 0.2) is 17.5 Å². The molecule has 1 unspecified atom stereocenters. The normalized spacial score (nSPS) is 20.1. The summed E-state index contributed by atoms with van der Waals surface area (Å²) in [5.41, 5.74) is 4.24. The fourth-order valence-corrected chi connectivity index (χ4v) is 4.29. The molecule has 1 N–H and O–H groups in total. The molecule has 0 saturated heterocycles. The molecule has 0 radical (unpaired) electrons. The number of fused-ring (bicyclic) bond motifs is 3. The van der Waals surface area contributed by atoms with E-state index in [0.29, 0.717) is 17.6 Å². The van der Waals surface area contributed by atoms with Gasteiger partial charge in [0.05, 0.1) is 12.2 Å². The van der Waals surface area contributed by atoms with Gasteiger partial charge in [-0.25, -0.2) is 19.9 Å². The van der Waals surface area contributed by atoms with Crippen molar-refractivity contribution in [2.75, 3.05) is 9.80 Å². The Morgan fingerprint density at radius 3 is 2.63 bits per heavy atom. The van der Waals surface area contributed by atoms with Crippen LogP contribution in [0.3, 0.4) is 0 Å². The lowest BCUT2D eigenvalue weighted by molar-refractivity contribution is 0.397. The summed E-state index contributed by atoms with van der Waals surface area (Å²) in [4.78, 5) is 27.3. The van der Waals surface area contributed by atoms with E-state index in [4.69, 9.17) is 4.98 Å². The minimum absolute atomic E-state index is 0.0703. The fraction of sp³-hybridized carbons (Fsp3) is 0.400. The second-order valence-electron chi connectivity index (χ2n) is 7.65. The summed E-state index contributed by atoms with van der Waals surface area (Å²) in [6.07, 6.45) is 9.84. The van der Waals surface area contributed by atoms with Gasteiger partial charge in [0.1, 0.15) is 17.7 Å². The van der Waals surface area contributed by atoms with Crippen LogP contribution >= 0.6 is 0 Å². The highest BCUT2D eigenvalue weighted by molar-refractivity contribution is 6.01. The maximum atomic E-state index is 5.00. The molecule has 2 atom stereocenters. The molecule has 0 aliphatic carbocycles. The third-order valence-corrected chi connectivity index (χ3v) is 5.55. The van der Waals surface area contributed by atoms with Crippen molar-refractivity contribution in [1.29, 1.82) is 0 Å². The van der Waals surface area contributed by atoms with Gasteiger partial charge < -0.3 is 4.90 Å². The van der Waals surface area contributed by atoms with Crippen molar-refractivity contribution < 1.29 is 0 Å². The van der Waals surface area contributed by atoms with Crippen LogP contribution in [0.4, 0.5) is 11.5 Å². The van der Waals surface area contributed by atoms with E-state index < -0.39 is 0 Å². The predicted octanol–water partition coefficient (Wildman–Crippen LogP) is 2.20. The van der Waals surface area contributed by atoms with E-state index in [-0.39, 0.29) is 18.2 Å². The molecule has 5 rings (SSSR count). The molecule has 0 bridgehead atoms. The van der Waals surface area contributed by atoms with Crippen molar-refractivity contribution in [3.05, 3.63) is 37.1 Å². The first-order valence-electron chi connectivity index (χ1n) is 10.2. The van der Waals surface area contributed by atoms with Crippen LogP contribution in [0.5, 0.6) is 0 Å². The van der Waals surface area contributed by atoms with Crippen molar-refractivity contribution in [1.82, 2.24) is 34.9 Å². The molecule has 0 fully saturated rings. The van der Waals surface area contributed by atoms with Crippen LogP contribution in [0.2, 0.25) is 0 Å². The number of hydrogen-bond acceptors (Lipinski definition) is 9. The molecule has 2 aliphatic rings. The first-order chi connectivity index (χ1) is 14.6. The first kappa shape index (κ1) is 18.5. The second kappa shape index (κ2) is 7.05. The predicted molar refractivity (Wildman–Crippen MR) is 114 cm³/mol. The molecule has 154 valence electrons. The van der Waals surface area contributed by atoms with E-state index in [1.54, 1.807) is 24.7 Å². The zero-order chi connectivity index (χ0) is 20.8.